The molecular formula is C13H26N4O. The Morgan fingerprint density at radius 3 is 2.39 bits per heavy atom. The van der Waals surface area contributed by atoms with Crippen molar-refractivity contribution in [3.05, 3.63) is 0 Å². The average Bonchev–Trinajstić information content (AvgIpc) is 2.38. The van der Waals surface area contributed by atoms with Gasteiger partial charge in [-0.25, -0.2) is 4.79 Å². The number of urea groups is 1. The van der Waals surface area contributed by atoms with Crippen molar-refractivity contribution in [2.45, 2.75) is 37.8 Å². The first-order chi connectivity index (χ1) is 8.58. The first kappa shape index (κ1) is 13.6. The monoisotopic (exact) mass is 254 g/mol. The molecule has 5 nitrogen and oxygen atoms in total. The molecule has 2 N–H and O–H groups in total. The lowest BCUT2D eigenvalue weighted by molar-refractivity contribution is 0.0882. The van der Waals surface area contributed by atoms with E-state index in [9.17, 15) is 4.79 Å². The van der Waals surface area contributed by atoms with Crippen molar-refractivity contribution < 1.29 is 4.79 Å². The summed E-state index contributed by atoms with van der Waals surface area (Å²) in [5.41, 5.74) is 6.03. The van der Waals surface area contributed by atoms with Gasteiger partial charge in [0.15, 0.2) is 0 Å². The van der Waals surface area contributed by atoms with Gasteiger partial charge in [0, 0.05) is 45.8 Å². The number of amides is 2. The van der Waals surface area contributed by atoms with Crippen molar-refractivity contribution in [3.8, 4) is 0 Å². The van der Waals surface area contributed by atoms with Crippen LogP contribution in [0, 0.1) is 0 Å². The Bertz CT molecular complexity index is 287. The van der Waals surface area contributed by atoms with Gasteiger partial charge in [-0.3, -0.25) is 4.90 Å². The normalized spacial score (nSPS) is 27.3. The van der Waals surface area contributed by atoms with Crippen molar-refractivity contribution in [2.24, 2.45) is 5.73 Å². The third kappa shape index (κ3) is 3.14. The molecule has 0 aromatic carbocycles. The Kier molecular flexibility index (Phi) is 4.45. The van der Waals surface area contributed by atoms with E-state index in [4.69, 9.17) is 5.73 Å². The van der Waals surface area contributed by atoms with Gasteiger partial charge in [-0.05, 0) is 32.2 Å². The van der Waals surface area contributed by atoms with Crippen LogP contribution < -0.4 is 5.73 Å². The van der Waals surface area contributed by atoms with E-state index >= 15 is 0 Å². The smallest absolute Gasteiger partial charge is 0.319 e. The fraction of sp³-hybridized carbons (Fsp3) is 0.923. The maximum Gasteiger partial charge on any atom is 0.319 e. The van der Waals surface area contributed by atoms with Crippen LogP contribution in [0.15, 0.2) is 0 Å². The molecule has 104 valence electrons. The highest BCUT2D eigenvalue weighted by molar-refractivity contribution is 5.73. The minimum absolute atomic E-state index is 0.142. The van der Waals surface area contributed by atoms with Crippen LogP contribution in [0.5, 0.6) is 0 Å². The molecule has 0 aromatic rings. The first-order valence-corrected chi connectivity index (χ1v) is 7.04. The Balaban J connectivity index is 1.81. The predicted molar refractivity (Wildman–Crippen MR) is 72.5 cm³/mol. The van der Waals surface area contributed by atoms with E-state index in [1.54, 1.807) is 4.90 Å². The Labute approximate surface area is 110 Å². The van der Waals surface area contributed by atoms with Gasteiger partial charge in [0.05, 0.1) is 0 Å². The molecule has 0 aliphatic carbocycles. The average molecular weight is 254 g/mol. The molecule has 2 amide bonds. The summed E-state index contributed by atoms with van der Waals surface area (Å²) in [6.07, 6.45) is 4.56. The van der Waals surface area contributed by atoms with Gasteiger partial charge in [-0.1, -0.05) is 0 Å². The summed E-state index contributed by atoms with van der Waals surface area (Å²) >= 11 is 0. The lowest BCUT2D eigenvalue weighted by atomic mass is 9.98. The van der Waals surface area contributed by atoms with E-state index in [0.717, 1.165) is 38.9 Å². The number of rotatable bonds is 1. The fourth-order valence-corrected chi connectivity index (χ4v) is 3.08. The SMILES string of the molecule is CN(C)C(=O)N1CCC(N2CCCC(N)C2)CC1. The first-order valence-electron chi connectivity index (χ1n) is 7.04. The van der Waals surface area contributed by atoms with Crippen molar-refractivity contribution in [1.82, 2.24) is 14.7 Å². The number of hydrogen-bond acceptors (Lipinski definition) is 3. The molecule has 5 heteroatoms. The minimum Gasteiger partial charge on any atom is -0.331 e. The van der Waals surface area contributed by atoms with Gasteiger partial charge in [-0.15, -0.1) is 0 Å². The van der Waals surface area contributed by atoms with Gasteiger partial charge in [-0.2, -0.15) is 0 Å². The summed E-state index contributed by atoms with van der Waals surface area (Å²) in [6.45, 7) is 3.98. The van der Waals surface area contributed by atoms with Crippen molar-refractivity contribution in [1.29, 1.82) is 0 Å². The topological polar surface area (TPSA) is 52.8 Å². The summed E-state index contributed by atoms with van der Waals surface area (Å²) in [5, 5.41) is 0. The number of likely N-dealkylation sites (tertiary alicyclic amines) is 2. The zero-order valence-corrected chi connectivity index (χ0v) is 11.6. The van der Waals surface area contributed by atoms with E-state index in [2.05, 4.69) is 4.90 Å². The van der Waals surface area contributed by atoms with Gasteiger partial charge in [0.2, 0.25) is 0 Å². The molecule has 2 aliphatic rings. The maximum atomic E-state index is 11.9. The summed E-state index contributed by atoms with van der Waals surface area (Å²) in [7, 11) is 3.64. The van der Waals surface area contributed by atoms with Gasteiger partial charge in [0.25, 0.3) is 0 Å². The Morgan fingerprint density at radius 1 is 1.17 bits per heavy atom. The Morgan fingerprint density at radius 2 is 1.83 bits per heavy atom. The van der Waals surface area contributed by atoms with Crippen LogP contribution in [0.2, 0.25) is 0 Å². The van der Waals surface area contributed by atoms with E-state index in [-0.39, 0.29) is 6.03 Å². The molecule has 0 aromatic heterocycles. The molecule has 2 rings (SSSR count). The molecule has 1 atom stereocenters. The number of carbonyl (C=O) groups excluding carboxylic acids is 1. The van der Waals surface area contributed by atoms with Gasteiger partial charge >= 0.3 is 6.03 Å². The summed E-state index contributed by atoms with van der Waals surface area (Å²) in [6, 6.07) is 1.12. The standard InChI is InChI=1S/C13H26N4O/c1-15(2)13(18)16-8-5-12(6-9-16)17-7-3-4-11(14)10-17/h11-12H,3-10,14H2,1-2H3. The van der Waals surface area contributed by atoms with Gasteiger partial charge in [0.1, 0.15) is 0 Å². The second kappa shape index (κ2) is 5.89. The molecule has 2 aliphatic heterocycles. The molecule has 0 spiro atoms. The predicted octanol–water partition coefficient (Wildman–Crippen LogP) is 0.556. The number of carbonyl (C=O) groups is 1. The number of hydrogen-bond donors (Lipinski definition) is 1. The van der Waals surface area contributed by atoms with Crippen LogP contribution in [0.25, 0.3) is 0 Å². The van der Waals surface area contributed by atoms with Crippen LogP contribution in [-0.4, -0.2) is 73.1 Å². The molecular weight excluding hydrogens is 228 g/mol. The minimum atomic E-state index is 0.142. The van der Waals surface area contributed by atoms with Crippen molar-refractivity contribution in [2.75, 3.05) is 40.3 Å². The van der Waals surface area contributed by atoms with Crippen LogP contribution in [-0.2, 0) is 0 Å². The molecule has 0 bridgehead atoms. The third-order valence-corrected chi connectivity index (χ3v) is 4.12. The lowest BCUT2D eigenvalue weighted by Crippen LogP contribution is -2.53. The second-order valence-corrected chi connectivity index (χ2v) is 5.79. The summed E-state index contributed by atoms with van der Waals surface area (Å²) < 4.78 is 0. The van der Waals surface area contributed by atoms with Gasteiger partial charge < -0.3 is 15.5 Å². The number of piperidine rings is 2. The molecule has 2 fully saturated rings. The quantitative estimate of drug-likeness (QED) is 0.744. The molecule has 2 heterocycles. The zero-order chi connectivity index (χ0) is 13.1. The van der Waals surface area contributed by atoms with Crippen molar-refractivity contribution in [3.63, 3.8) is 0 Å². The second-order valence-electron chi connectivity index (χ2n) is 5.79. The summed E-state index contributed by atoms with van der Waals surface area (Å²) in [4.78, 5) is 18.0. The Hall–Kier alpha value is -0.810. The van der Waals surface area contributed by atoms with Crippen LogP contribution >= 0.6 is 0 Å². The fourth-order valence-electron chi connectivity index (χ4n) is 3.08. The van der Waals surface area contributed by atoms with E-state index < -0.39 is 0 Å². The van der Waals surface area contributed by atoms with Crippen molar-refractivity contribution >= 4 is 6.03 Å². The highest BCUT2D eigenvalue weighted by Gasteiger charge is 2.29. The van der Waals surface area contributed by atoms with E-state index in [1.807, 2.05) is 19.0 Å². The highest BCUT2D eigenvalue weighted by atomic mass is 16.2. The largest absolute Gasteiger partial charge is 0.331 e. The zero-order valence-electron chi connectivity index (χ0n) is 11.6. The molecule has 0 saturated carbocycles. The van der Waals surface area contributed by atoms with Crippen LogP contribution in [0.1, 0.15) is 25.7 Å². The van der Waals surface area contributed by atoms with E-state index in [1.165, 1.54) is 13.0 Å². The number of nitrogens with zero attached hydrogens (tertiary/aromatic N) is 3. The highest BCUT2D eigenvalue weighted by Crippen LogP contribution is 2.20. The molecule has 0 radical (unpaired) electrons. The summed E-state index contributed by atoms with van der Waals surface area (Å²) in [5.74, 6) is 0. The molecule has 2 saturated heterocycles. The molecule has 18 heavy (non-hydrogen) atoms. The maximum absolute atomic E-state index is 11.9. The lowest BCUT2D eigenvalue weighted by Gasteiger charge is -2.42. The molecule has 1 unspecified atom stereocenters. The van der Waals surface area contributed by atoms with Crippen LogP contribution in [0.3, 0.4) is 0 Å². The van der Waals surface area contributed by atoms with E-state index in [0.29, 0.717) is 12.1 Å². The number of nitrogens with two attached hydrogens (primary N) is 1. The third-order valence-electron chi connectivity index (χ3n) is 4.12. The van der Waals surface area contributed by atoms with Crippen LogP contribution in [0.4, 0.5) is 4.79 Å².